The predicted molar refractivity (Wildman–Crippen MR) is 130 cm³/mol. The number of nitrogens with zero attached hydrogens (tertiary/aromatic N) is 1. The Morgan fingerprint density at radius 2 is 1.74 bits per heavy atom. The maximum absolute atomic E-state index is 14.6. The van der Waals surface area contributed by atoms with Crippen LogP contribution in [0.25, 0.3) is 11.1 Å². The molecule has 1 nitrogen and oxygen atoms in total. The lowest BCUT2D eigenvalue weighted by Crippen LogP contribution is -2.23. The molecule has 0 amide bonds. The Hall–Kier alpha value is -2.07. The second-order valence-corrected chi connectivity index (χ2v) is 10.4. The van der Waals surface area contributed by atoms with Gasteiger partial charge in [-0.1, -0.05) is 64.4 Å². The monoisotopic (exact) mass is 441 g/mol. The van der Waals surface area contributed by atoms with Crippen LogP contribution < -0.4 is 0 Å². The van der Waals surface area contributed by atoms with E-state index in [9.17, 15) is 8.78 Å². The van der Waals surface area contributed by atoms with Gasteiger partial charge in [0.05, 0.1) is 0 Å². The third-order valence-electron chi connectivity index (χ3n) is 5.69. The van der Waals surface area contributed by atoms with Crippen molar-refractivity contribution in [3.8, 4) is 11.1 Å². The van der Waals surface area contributed by atoms with Crippen molar-refractivity contribution in [3.63, 3.8) is 0 Å². The van der Waals surface area contributed by atoms with Gasteiger partial charge < -0.3 is 4.57 Å². The van der Waals surface area contributed by atoms with E-state index in [2.05, 4.69) is 50.5 Å². The van der Waals surface area contributed by atoms with Crippen molar-refractivity contribution in [1.29, 1.82) is 0 Å². The van der Waals surface area contributed by atoms with Gasteiger partial charge in [-0.15, -0.1) is 0 Å². The molecule has 0 spiro atoms. The van der Waals surface area contributed by atoms with Crippen LogP contribution in [0.4, 0.5) is 8.78 Å². The molecule has 0 N–H and O–H groups in total. The summed E-state index contributed by atoms with van der Waals surface area (Å²) < 4.78 is 30.7. The van der Waals surface area contributed by atoms with Gasteiger partial charge in [-0.3, -0.25) is 0 Å². The first-order valence-electron chi connectivity index (χ1n) is 11.1. The summed E-state index contributed by atoms with van der Waals surface area (Å²) in [6, 6.07) is 16.0. The van der Waals surface area contributed by atoms with E-state index < -0.39 is 11.6 Å². The maximum Gasteiger partial charge on any atom is 0.131 e. The fourth-order valence-corrected chi connectivity index (χ4v) is 5.40. The third-order valence-corrected chi connectivity index (χ3v) is 6.84. The van der Waals surface area contributed by atoms with Crippen molar-refractivity contribution < 1.29 is 8.78 Å². The van der Waals surface area contributed by atoms with E-state index in [0.717, 1.165) is 17.1 Å². The molecule has 0 aliphatic heterocycles. The minimum Gasteiger partial charge on any atom is -0.346 e. The number of rotatable bonds is 9. The Labute approximate surface area is 189 Å². The average Bonchev–Trinajstić information content (AvgIpc) is 3.12. The van der Waals surface area contributed by atoms with Crippen LogP contribution in [0.5, 0.6) is 0 Å². The topological polar surface area (TPSA) is 4.93 Å². The summed E-state index contributed by atoms with van der Waals surface area (Å²) in [5.74, 6) is 1.63. The van der Waals surface area contributed by atoms with Gasteiger partial charge >= 0.3 is 0 Å². The average molecular weight is 442 g/mol. The van der Waals surface area contributed by atoms with Gasteiger partial charge in [-0.25, -0.2) is 8.78 Å². The summed E-state index contributed by atoms with van der Waals surface area (Å²) in [5, 5.41) is 0. The molecule has 0 saturated carbocycles. The smallest absolute Gasteiger partial charge is 0.131 e. The molecule has 0 bridgehead atoms. The van der Waals surface area contributed by atoms with Gasteiger partial charge in [0.15, 0.2) is 0 Å². The highest BCUT2D eigenvalue weighted by atomic mass is 32.2. The molecule has 0 fully saturated rings. The molecular weight excluding hydrogens is 408 g/mol. The molecule has 4 heteroatoms. The summed E-state index contributed by atoms with van der Waals surface area (Å²) in [5.41, 5.74) is 3.47. The number of hydrogen-bond donors (Lipinski definition) is 0. The zero-order chi connectivity index (χ0) is 22.4. The minimum atomic E-state index is -0.420. The Morgan fingerprint density at radius 3 is 2.42 bits per heavy atom. The van der Waals surface area contributed by atoms with E-state index in [1.807, 2.05) is 36.2 Å². The van der Waals surface area contributed by atoms with E-state index in [4.69, 9.17) is 0 Å². The van der Waals surface area contributed by atoms with Crippen LogP contribution in [-0.4, -0.2) is 16.1 Å². The predicted octanol–water partition coefficient (Wildman–Crippen LogP) is 8.14. The molecule has 3 rings (SSSR count). The number of benzene rings is 2. The molecule has 3 aromatic rings. The van der Waals surface area contributed by atoms with Crippen molar-refractivity contribution in [3.05, 3.63) is 83.7 Å². The van der Waals surface area contributed by atoms with Crippen molar-refractivity contribution in [1.82, 2.24) is 4.57 Å². The highest BCUT2D eigenvalue weighted by Gasteiger charge is 2.29. The number of thioether (sulfide) groups is 1. The molecule has 166 valence electrons. The molecule has 1 aromatic heterocycles. The maximum atomic E-state index is 14.6. The lowest BCUT2D eigenvalue weighted by molar-refractivity contribution is 0.332. The highest BCUT2D eigenvalue weighted by molar-refractivity contribution is 7.99. The van der Waals surface area contributed by atoms with Crippen LogP contribution in [0.3, 0.4) is 0 Å². The minimum absolute atomic E-state index is 0.0454. The van der Waals surface area contributed by atoms with Gasteiger partial charge in [-0.05, 0) is 47.4 Å². The SMILES string of the molecule is CCCCSCC(c1cc(-c2cc(F)ccc2F)cn1Cc1ccccc1)C(C)(C)C. The standard InChI is InChI=1S/C27H33F2NS/c1-5-6-14-31-19-24(27(2,3)4)26-15-21(23-16-22(28)12-13-25(23)29)18-30(26)17-20-10-8-7-9-11-20/h7-13,15-16,18,24H,5-6,14,17,19H2,1-4H3. The van der Waals surface area contributed by atoms with E-state index in [-0.39, 0.29) is 5.41 Å². The Kier molecular flexibility index (Phi) is 7.99. The zero-order valence-corrected chi connectivity index (χ0v) is 19.8. The van der Waals surface area contributed by atoms with Crippen LogP contribution in [0, 0.1) is 17.0 Å². The summed E-state index contributed by atoms with van der Waals surface area (Å²) in [6.07, 6.45) is 4.39. The van der Waals surface area contributed by atoms with Gasteiger partial charge in [0.2, 0.25) is 0 Å². The van der Waals surface area contributed by atoms with Crippen LogP contribution in [-0.2, 0) is 6.54 Å². The quantitative estimate of drug-likeness (QED) is 0.303. The van der Waals surface area contributed by atoms with Gasteiger partial charge in [0.25, 0.3) is 0 Å². The normalized spacial score (nSPS) is 12.8. The van der Waals surface area contributed by atoms with Crippen molar-refractivity contribution in [2.45, 2.75) is 53.0 Å². The number of hydrogen-bond acceptors (Lipinski definition) is 1. The molecule has 31 heavy (non-hydrogen) atoms. The first kappa shape index (κ1) is 23.6. The Balaban J connectivity index is 2.04. The molecule has 1 heterocycles. The van der Waals surface area contributed by atoms with Crippen LogP contribution in [0.15, 0.2) is 60.8 Å². The van der Waals surface area contributed by atoms with Crippen LogP contribution >= 0.6 is 11.8 Å². The first-order chi connectivity index (χ1) is 14.8. The molecule has 0 saturated heterocycles. The van der Waals surface area contributed by atoms with Crippen LogP contribution in [0.2, 0.25) is 0 Å². The highest BCUT2D eigenvalue weighted by Crippen LogP contribution is 2.40. The summed E-state index contributed by atoms with van der Waals surface area (Å²) in [6.45, 7) is 9.72. The van der Waals surface area contributed by atoms with Crippen molar-refractivity contribution in [2.24, 2.45) is 5.41 Å². The number of halogens is 2. The zero-order valence-electron chi connectivity index (χ0n) is 19.0. The lowest BCUT2D eigenvalue weighted by Gasteiger charge is -2.32. The molecule has 1 unspecified atom stereocenters. The van der Waals surface area contributed by atoms with Crippen molar-refractivity contribution >= 4 is 11.8 Å². The largest absolute Gasteiger partial charge is 0.346 e. The third kappa shape index (κ3) is 6.22. The van der Waals surface area contributed by atoms with Crippen molar-refractivity contribution in [2.75, 3.05) is 11.5 Å². The fourth-order valence-electron chi connectivity index (χ4n) is 3.83. The van der Waals surface area contributed by atoms with Gasteiger partial charge in [0.1, 0.15) is 11.6 Å². The fraction of sp³-hybridized carbons (Fsp3) is 0.407. The summed E-state index contributed by atoms with van der Waals surface area (Å²) >= 11 is 1.99. The van der Waals surface area contributed by atoms with Gasteiger partial charge in [0, 0.05) is 41.2 Å². The summed E-state index contributed by atoms with van der Waals surface area (Å²) in [4.78, 5) is 0. The summed E-state index contributed by atoms with van der Waals surface area (Å²) in [7, 11) is 0. The number of unbranched alkanes of at least 4 members (excludes halogenated alkanes) is 1. The molecular formula is C27H33F2NS. The molecule has 0 aliphatic rings. The first-order valence-corrected chi connectivity index (χ1v) is 12.2. The molecule has 0 aliphatic carbocycles. The Morgan fingerprint density at radius 1 is 1.00 bits per heavy atom. The Bertz CT molecular complexity index is 973. The van der Waals surface area contributed by atoms with E-state index in [1.165, 1.54) is 42.3 Å². The van der Waals surface area contributed by atoms with E-state index >= 15 is 0 Å². The second-order valence-electron chi connectivity index (χ2n) is 9.24. The van der Waals surface area contributed by atoms with Crippen LogP contribution in [0.1, 0.15) is 57.7 Å². The second kappa shape index (κ2) is 10.5. The molecule has 2 aromatic carbocycles. The van der Waals surface area contributed by atoms with E-state index in [0.29, 0.717) is 18.0 Å². The number of aromatic nitrogens is 1. The lowest BCUT2D eigenvalue weighted by atomic mass is 9.79. The molecule has 1 atom stereocenters. The van der Waals surface area contributed by atoms with E-state index in [1.54, 1.807) is 0 Å². The van der Waals surface area contributed by atoms with Gasteiger partial charge in [-0.2, -0.15) is 11.8 Å². The molecule has 0 radical (unpaired) electrons.